The van der Waals surface area contributed by atoms with Crippen LogP contribution in [-0.4, -0.2) is 63.6 Å². The second kappa shape index (κ2) is 14.9. The van der Waals surface area contributed by atoms with Gasteiger partial charge in [-0.05, 0) is 74.8 Å². The first-order chi connectivity index (χ1) is 24.5. The average Bonchev–Trinajstić information content (AvgIpc) is 3.31. The number of hydrogen-bond acceptors (Lipinski definition) is 12. The molecule has 0 heterocycles. The maximum absolute atomic E-state index is 17.7. The molecule has 5 rings (SSSR count). The number of ether oxygens (including phenoxy) is 3. The van der Waals surface area contributed by atoms with Crippen LogP contribution in [0.3, 0.4) is 0 Å². The van der Waals surface area contributed by atoms with Gasteiger partial charge in [0.1, 0.15) is 12.4 Å². The Hall–Kier alpha value is -4.46. The first kappa shape index (κ1) is 38.8. The van der Waals surface area contributed by atoms with E-state index in [2.05, 4.69) is 4.84 Å². The molecule has 4 aliphatic rings. The zero-order chi connectivity index (χ0) is 38.1. The number of hydrogen-bond donors (Lipinski definition) is 1. The highest BCUT2D eigenvalue weighted by Crippen LogP contribution is 2.71. The lowest BCUT2D eigenvalue weighted by Gasteiger charge is -2.62. The Morgan fingerprint density at radius 3 is 2.52 bits per heavy atom. The third-order valence-electron chi connectivity index (χ3n) is 12.0. The molecule has 1 unspecified atom stereocenters. The highest BCUT2D eigenvalue weighted by atomic mass is 19.1. The largest absolute Gasteiger partial charge is 0.457 e. The molecule has 3 saturated carbocycles. The van der Waals surface area contributed by atoms with Gasteiger partial charge in [0.2, 0.25) is 5.78 Å². The summed E-state index contributed by atoms with van der Waals surface area (Å²) in [6, 6.07) is 5.88. The topological polar surface area (TPSA) is 186 Å². The second-order valence-corrected chi connectivity index (χ2v) is 14.9. The Kier molecular flexibility index (Phi) is 11.1. The van der Waals surface area contributed by atoms with Crippen LogP contribution in [0.2, 0.25) is 0 Å². The van der Waals surface area contributed by atoms with Crippen molar-refractivity contribution in [3.05, 3.63) is 63.7 Å². The molecule has 0 radical (unpaired) electrons. The predicted molar refractivity (Wildman–Crippen MR) is 180 cm³/mol. The number of carbonyl (C=O) groups is 5. The molecule has 1 aromatic carbocycles. The number of nitrogens with zero attached hydrogens (tertiary/aromatic N) is 1. The van der Waals surface area contributed by atoms with Gasteiger partial charge in [0, 0.05) is 29.1 Å². The molecule has 0 amide bonds. The summed E-state index contributed by atoms with van der Waals surface area (Å²) in [6.07, 6.45) is 3.99. The smallest absolute Gasteiger partial charge is 0.311 e. The van der Waals surface area contributed by atoms with Crippen molar-refractivity contribution >= 4 is 29.5 Å². The fourth-order valence-electron chi connectivity index (χ4n) is 9.49. The minimum Gasteiger partial charge on any atom is -0.457 e. The number of ketones is 2. The Morgan fingerprint density at radius 2 is 1.81 bits per heavy atom. The molecule has 52 heavy (non-hydrogen) atoms. The summed E-state index contributed by atoms with van der Waals surface area (Å²) in [5.74, 6) is -4.99. The van der Waals surface area contributed by atoms with Crippen molar-refractivity contribution in [3.63, 3.8) is 0 Å². The van der Waals surface area contributed by atoms with Gasteiger partial charge in [0.05, 0.1) is 18.9 Å². The summed E-state index contributed by atoms with van der Waals surface area (Å²) in [5, 5.41) is 21.3. The van der Waals surface area contributed by atoms with E-state index >= 15 is 4.39 Å². The van der Waals surface area contributed by atoms with Gasteiger partial charge in [-0.1, -0.05) is 51.0 Å². The van der Waals surface area contributed by atoms with E-state index in [1.54, 1.807) is 32.9 Å². The van der Waals surface area contributed by atoms with E-state index < -0.39 is 94.2 Å². The van der Waals surface area contributed by atoms with Gasteiger partial charge in [-0.2, -0.15) is 0 Å². The number of aliphatic hydroxyl groups is 1. The van der Waals surface area contributed by atoms with Crippen LogP contribution in [0, 0.1) is 38.7 Å². The number of unbranched alkanes of at least 4 members (excludes halogenated alkanes) is 1. The molecule has 14 heteroatoms. The number of rotatable bonds is 14. The Balaban J connectivity index is 1.32. The number of aliphatic hydroxyl groups excluding tert-OH is 1. The molecular weight excluding hydrogens is 681 g/mol. The van der Waals surface area contributed by atoms with Crippen molar-refractivity contribution in [1.29, 1.82) is 0 Å². The highest BCUT2D eigenvalue weighted by molar-refractivity contribution is 6.01. The fourth-order valence-corrected chi connectivity index (χ4v) is 9.49. The zero-order valence-corrected chi connectivity index (χ0v) is 29.9. The lowest BCUT2D eigenvalue weighted by molar-refractivity contribution is -0.763. The van der Waals surface area contributed by atoms with Crippen LogP contribution in [0.15, 0.2) is 48.1 Å². The first-order valence-corrected chi connectivity index (χ1v) is 17.8. The van der Waals surface area contributed by atoms with Gasteiger partial charge in [0.25, 0.3) is 5.09 Å². The van der Waals surface area contributed by atoms with Crippen LogP contribution < -0.4 is 4.74 Å². The summed E-state index contributed by atoms with van der Waals surface area (Å²) >= 11 is 0. The lowest BCUT2D eigenvalue weighted by atomic mass is 9.44. The molecule has 3 fully saturated rings. The van der Waals surface area contributed by atoms with E-state index in [1.165, 1.54) is 30.4 Å². The number of benzene rings is 1. The van der Waals surface area contributed by atoms with E-state index in [4.69, 9.17) is 14.2 Å². The number of allylic oxidation sites excluding steroid dienone is 4. The van der Waals surface area contributed by atoms with Gasteiger partial charge in [0.15, 0.2) is 23.7 Å². The van der Waals surface area contributed by atoms with Crippen LogP contribution in [0.5, 0.6) is 5.75 Å². The number of Topliss-reactive ketones (excluding diaryl/α,β-unsaturated/α-hetero) is 1. The van der Waals surface area contributed by atoms with E-state index in [0.717, 1.165) is 0 Å². The van der Waals surface area contributed by atoms with Gasteiger partial charge >= 0.3 is 17.9 Å². The van der Waals surface area contributed by atoms with E-state index in [0.29, 0.717) is 43.2 Å². The van der Waals surface area contributed by atoms with Crippen molar-refractivity contribution in [3.8, 4) is 5.75 Å². The van der Waals surface area contributed by atoms with Gasteiger partial charge < -0.3 is 24.2 Å². The monoisotopic (exact) mass is 727 g/mol. The molecular formula is C38H46FNO12. The molecule has 0 bridgehead atoms. The van der Waals surface area contributed by atoms with Crippen molar-refractivity contribution in [2.24, 2.45) is 28.6 Å². The van der Waals surface area contributed by atoms with Gasteiger partial charge in [-0.3, -0.25) is 24.0 Å². The molecule has 282 valence electrons. The van der Waals surface area contributed by atoms with Gasteiger partial charge in [-0.25, -0.2) is 4.39 Å². The van der Waals surface area contributed by atoms with Crippen molar-refractivity contribution < 1.29 is 57.6 Å². The third-order valence-corrected chi connectivity index (χ3v) is 12.0. The molecule has 0 spiro atoms. The molecule has 1 N–H and O–H groups in total. The third kappa shape index (κ3) is 6.77. The van der Waals surface area contributed by atoms with Crippen LogP contribution in [-0.2, 0) is 44.9 Å². The summed E-state index contributed by atoms with van der Waals surface area (Å²) in [4.78, 5) is 80.0. The maximum atomic E-state index is 17.7. The maximum Gasteiger partial charge on any atom is 0.311 e. The Labute approximate surface area is 301 Å². The fraction of sp³-hybridized carbons (Fsp3) is 0.605. The predicted octanol–water partition coefficient (Wildman–Crippen LogP) is 5.28. The number of halogens is 1. The minimum atomic E-state index is -2.16. The normalized spacial score (nSPS) is 33.1. The summed E-state index contributed by atoms with van der Waals surface area (Å²) in [5.41, 5.74) is -5.48. The molecule has 13 nitrogen and oxygen atoms in total. The number of esters is 3. The first-order valence-electron chi connectivity index (χ1n) is 17.8. The van der Waals surface area contributed by atoms with Crippen LogP contribution >= 0.6 is 0 Å². The zero-order valence-electron chi connectivity index (χ0n) is 29.9. The van der Waals surface area contributed by atoms with Crippen LogP contribution in [0.4, 0.5) is 4.39 Å². The van der Waals surface area contributed by atoms with Crippen molar-refractivity contribution in [2.75, 3.05) is 6.61 Å². The lowest BCUT2D eigenvalue weighted by Crippen LogP contribution is -2.70. The summed E-state index contributed by atoms with van der Waals surface area (Å²) in [6.45, 7) is 5.98. The summed E-state index contributed by atoms with van der Waals surface area (Å²) in [7, 11) is 0. The van der Waals surface area contributed by atoms with E-state index in [9.17, 15) is 39.2 Å². The van der Waals surface area contributed by atoms with Crippen molar-refractivity contribution in [1.82, 2.24) is 0 Å². The van der Waals surface area contributed by atoms with E-state index in [-0.39, 0.29) is 31.0 Å². The minimum absolute atomic E-state index is 0.0383. The average molecular weight is 728 g/mol. The SMILES string of the molecule is CCCCC(=O)O[C@]1(C(=O)COC(=O)CCC(=O)Oc2cccc(CO[N+](=O)[O-])c2)[C@@H](C)C[C@H]2C3CCC4=CC(=O)C=C[C@]4(C)[C@@]3(F)[C@@H](O)C[C@@]21C. The summed E-state index contributed by atoms with van der Waals surface area (Å²) < 4.78 is 34.5. The highest BCUT2D eigenvalue weighted by Gasteiger charge is 2.77. The Morgan fingerprint density at radius 1 is 1.08 bits per heavy atom. The van der Waals surface area contributed by atoms with E-state index in [1.807, 2.05) is 6.92 Å². The quantitative estimate of drug-likeness (QED) is 0.113. The molecule has 0 aromatic heterocycles. The number of carbonyl (C=O) groups excluding carboxylic acids is 5. The standard InChI is InChI=1S/C38H46FNO12/c1-5-6-10-34(46)52-38(31(43)22-49-32(44)13-14-33(45)51-27-9-7-8-24(18-27)21-50-40(47)48)23(2)17-29-28-12-11-25-19-26(41)15-16-35(25,3)37(28,39)30(42)20-36(29,38)4/h7-9,15-16,18-19,23,28-30,42H,5-6,10-14,17,20-22H2,1-4H3/t23-,28?,29-,30-,35-,36-,37-,38-/m0/s1. The van der Waals surface area contributed by atoms with Crippen LogP contribution in [0.25, 0.3) is 0 Å². The molecule has 1 aromatic rings. The van der Waals surface area contributed by atoms with Crippen molar-refractivity contribution in [2.45, 2.75) is 109 Å². The molecule has 0 saturated heterocycles. The number of fused-ring (bicyclic) bond motifs is 5. The van der Waals surface area contributed by atoms with Gasteiger partial charge in [-0.15, -0.1) is 10.1 Å². The molecule has 8 atom stereocenters. The van der Waals surface area contributed by atoms with Crippen LogP contribution in [0.1, 0.15) is 91.0 Å². The molecule has 4 aliphatic carbocycles. The Bertz CT molecular complexity index is 1690. The molecule has 0 aliphatic heterocycles. The number of alkyl halides is 1. The second-order valence-electron chi connectivity index (χ2n) is 14.9.